The van der Waals surface area contributed by atoms with E-state index in [9.17, 15) is 4.79 Å². The Morgan fingerprint density at radius 3 is 2.25 bits per heavy atom. The molecule has 0 amide bonds. The first-order valence-corrected chi connectivity index (χ1v) is 5.82. The van der Waals surface area contributed by atoms with Crippen LogP contribution in [-0.2, 0) is 0 Å². The lowest BCUT2D eigenvalue weighted by molar-refractivity contribution is 0.0893. The zero-order valence-corrected chi connectivity index (χ0v) is 10.6. The second kappa shape index (κ2) is 5.80. The predicted octanol–water partition coefficient (Wildman–Crippen LogP) is 2.85. The van der Waals surface area contributed by atoms with E-state index in [1.807, 2.05) is 37.3 Å². The highest BCUT2D eigenvalue weighted by atomic mass is 16.1. The Hall–Kier alpha value is -1.15. The van der Waals surface area contributed by atoms with Gasteiger partial charge in [0.25, 0.3) is 0 Å². The van der Waals surface area contributed by atoms with Crippen molar-refractivity contribution in [3.05, 3.63) is 35.9 Å². The van der Waals surface area contributed by atoms with Crippen molar-refractivity contribution < 1.29 is 4.79 Å². The van der Waals surface area contributed by atoms with Gasteiger partial charge in [0.15, 0.2) is 5.78 Å². The summed E-state index contributed by atoms with van der Waals surface area (Å²) < 4.78 is 0. The molecule has 0 heterocycles. The molecule has 0 saturated heterocycles. The molecule has 2 heteroatoms. The van der Waals surface area contributed by atoms with Crippen molar-refractivity contribution in [3.8, 4) is 0 Å². The summed E-state index contributed by atoms with van der Waals surface area (Å²) in [7, 11) is 2.06. The van der Waals surface area contributed by atoms with Crippen LogP contribution in [0.25, 0.3) is 0 Å². The zero-order chi connectivity index (χ0) is 12.1. The number of ketones is 1. The van der Waals surface area contributed by atoms with Crippen LogP contribution in [0.5, 0.6) is 0 Å². The molecule has 0 aliphatic rings. The molecule has 0 radical (unpaired) electrons. The second-order valence-corrected chi connectivity index (χ2v) is 4.66. The first-order valence-electron chi connectivity index (χ1n) is 5.82. The molecule has 88 valence electrons. The number of carbonyl (C=O) groups excluding carboxylic acids is 1. The molecule has 1 aromatic carbocycles. The standard InChI is InChI=1S/C14H21NO/c1-11(2)15(4)10-12(3)14(16)13-8-6-5-7-9-13/h5-9,11-12H,10H2,1-4H3. The molecule has 16 heavy (non-hydrogen) atoms. The van der Waals surface area contributed by atoms with E-state index in [1.165, 1.54) is 0 Å². The first kappa shape index (κ1) is 12.9. The molecular formula is C14H21NO. The number of rotatable bonds is 5. The summed E-state index contributed by atoms with van der Waals surface area (Å²) >= 11 is 0. The number of hydrogen-bond donors (Lipinski definition) is 0. The van der Waals surface area contributed by atoms with Gasteiger partial charge in [0.05, 0.1) is 0 Å². The maximum absolute atomic E-state index is 12.1. The van der Waals surface area contributed by atoms with E-state index in [2.05, 4.69) is 25.8 Å². The van der Waals surface area contributed by atoms with Crippen LogP contribution < -0.4 is 0 Å². The fourth-order valence-corrected chi connectivity index (χ4v) is 1.61. The maximum Gasteiger partial charge on any atom is 0.166 e. The quantitative estimate of drug-likeness (QED) is 0.710. The first-order chi connectivity index (χ1) is 7.52. The number of Topliss-reactive ketones (excluding diaryl/α,β-unsaturated/α-hetero) is 1. The van der Waals surface area contributed by atoms with Crippen molar-refractivity contribution in [1.29, 1.82) is 0 Å². The van der Waals surface area contributed by atoms with E-state index < -0.39 is 0 Å². The van der Waals surface area contributed by atoms with Crippen LogP contribution in [-0.4, -0.2) is 30.3 Å². The number of benzene rings is 1. The minimum Gasteiger partial charge on any atom is -0.303 e. The average Bonchev–Trinajstić information content (AvgIpc) is 2.28. The summed E-state index contributed by atoms with van der Waals surface area (Å²) in [6.07, 6.45) is 0. The number of hydrogen-bond acceptors (Lipinski definition) is 2. The summed E-state index contributed by atoms with van der Waals surface area (Å²) in [5.74, 6) is 0.280. The van der Waals surface area contributed by atoms with Crippen LogP contribution >= 0.6 is 0 Å². The Kier molecular flexibility index (Phi) is 4.69. The van der Waals surface area contributed by atoms with Gasteiger partial charge in [0.2, 0.25) is 0 Å². The second-order valence-electron chi connectivity index (χ2n) is 4.66. The topological polar surface area (TPSA) is 20.3 Å². The third-order valence-corrected chi connectivity index (χ3v) is 2.95. The van der Waals surface area contributed by atoms with Gasteiger partial charge in [-0.05, 0) is 20.9 Å². The third-order valence-electron chi connectivity index (χ3n) is 2.95. The molecule has 0 fully saturated rings. The Bertz CT molecular complexity index is 332. The Balaban J connectivity index is 2.62. The van der Waals surface area contributed by atoms with Gasteiger partial charge in [0.1, 0.15) is 0 Å². The lowest BCUT2D eigenvalue weighted by atomic mass is 9.99. The average molecular weight is 219 g/mol. The molecule has 1 aromatic rings. The van der Waals surface area contributed by atoms with Gasteiger partial charge in [-0.3, -0.25) is 4.79 Å². The summed E-state index contributed by atoms with van der Waals surface area (Å²) in [6.45, 7) is 7.08. The summed E-state index contributed by atoms with van der Waals surface area (Å²) in [5.41, 5.74) is 0.812. The molecule has 1 rings (SSSR count). The highest BCUT2D eigenvalue weighted by Crippen LogP contribution is 2.10. The highest BCUT2D eigenvalue weighted by Gasteiger charge is 2.17. The van der Waals surface area contributed by atoms with Crippen molar-refractivity contribution in [1.82, 2.24) is 4.90 Å². The van der Waals surface area contributed by atoms with E-state index in [4.69, 9.17) is 0 Å². The van der Waals surface area contributed by atoms with Crippen molar-refractivity contribution >= 4 is 5.78 Å². The fraction of sp³-hybridized carbons (Fsp3) is 0.500. The Morgan fingerprint density at radius 2 is 1.75 bits per heavy atom. The molecule has 0 saturated carbocycles. The predicted molar refractivity (Wildman–Crippen MR) is 67.7 cm³/mol. The van der Waals surface area contributed by atoms with Gasteiger partial charge >= 0.3 is 0 Å². The van der Waals surface area contributed by atoms with Gasteiger partial charge < -0.3 is 4.90 Å². The third kappa shape index (κ3) is 3.46. The minimum absolute atomic E-state index is 0.0507. The highest BCUT2D eigenvalue weighted by molar-refractivity contribution is 5.97. The van der Waals surface area contributed by atoms with Gasteiger partial charge in [0, 0.05) is 24.1 Å². The zero-order valence-electron chi connectivity index (χ0n) is 10.6. The minimum atomic E-state index is 0.0507. The van der Waals surface area contributed by atoms with Crippen LogP contribution in [0.15, 0.2) is 30.3 Å². The Labute approximate surface area is 98.3 Å². The number of nitrogens with zero attached hydrogens (tertiary/aromatic N) is 1. The van der Waals surface area contributed by atoms with E-state index in [-0.39, 0.29) is 11.7 Å². The van der Waals surface area contributed by atoms with Crippen LogP contribution in [0.2, 0.25) is 0 Å². The van der Waals surface area contributed by atoms with E-state index in [0.29, 0.717) is 6.04 Å². The monoisotopic (exact) mass is 219 g/mol. The molecule has 2 nitrogen and oxygen atoms in total. The molecule has 0 bridgehead atoms. The number of carbonyl (C=O) groups is 1. The lowest BCUT2D eigenvalue weighted by Crippen LogP contribution is -2.33. The molecule has 0 aliphatic heterocycles. The smallest absolute Gasteiger partial charge is 0.166 e. The largest absolute Gasteiger partial charge is 0.303 e. The van der Waals surface area contributed by atoms with Gasteiger partial charge in [-0.15, -0.1) is 0 Å². The molecule has 1 unspecified atom stereocenters. The van der Waals surface area contributed by atoms with Gasteiger partial charge in [-0.25, -0.2) is 0 Å². The van der Waals surface area contributed by atoms with E-state index in [1.54, 1.807) is 0 Å². The summed E-state index contributed by atoms with van der Waals surface area (Å²) in [6, 6.07) is 9.99. The summed E-state index contributed by atoms with van der Waals surface area (Å²) in [4.78, 5) is 14.3. The molecular weight excluding hydrogens is 198 g/mol. The molecule has 0 aliphatic carbocycles. The van der Waals surface area contributed by atoms with Crippen molar-refractivity contribution in [2.45, 2.75) is 26.8 Å². The Morgan fingerprint density at radius 1 is 1.19 bits per heavy atom. The van der Waals surface area contributed by atoms with Gasteiger partial charge in [-0.1, -0.05) is 37.3 Å². The van der Waals surface area contributed by atoms with Gasteiger partial charge in [-0.2, -0.15) is 0 Å². The van der Waals surface area contributed by atoms with Crippen LogP contribution in [0.3, 0.4) is 0 Å². The SMILES string of the molecule is CC(CN(C)C(C)C)C(=O)c1ccccc1. The molecule has 0 spiro atoms. The normalized spacial score (nSPS) is 13.1. The summed E-state index contributed by atoms with van der Waals surface area (Å²) in [5, 5.41) is 0. The van der Waals surface area contributed by atoms with E-state index >= 15 is 0 Å². The van der Waals surface area contributed by atoms with Crippen LogP contribution in [0.4, 0.5) is 0 Å². The fourth-order valence-electron chi connectivity index (χ4n) is 1.61. The lowest BCUT2D eigenvalue weighted by Gasteiger charge is -2.24. The van der Waals surface area contributed by atoms with Crippen molar-refractivity contribution in [2.75, 3.05) is 13.6 Å². The van der Waals surface area contributed by atoms with E-state index in [0.717, 1.165) is 12.1 Å². The van der Waals surface area contributed by atoms with Crippen molar-refractivity contribution in [3.63, 3.8) is 0 Å². The molecule has 0 aromatic heterocycles. The van der Waals surface area contributed by atoms with Crippen LogP contribution in [0.1, 0.15) is 31.1 Å². The molecule has 1 atom stereocenters. The molecule has 0 N–H and O–H groups in total. The van der Waals surface area contributed by atoms with Crippen LogP contribution in [0, 0.1) is 5.92 Å². The maximum atomic E-state index is 12.1. The van der Waals surface area contributed by atoms with Crippen molar-refractivity contribution in [2.24, 2.45) is 5.92 Å².